The summed E-state index contributed by atoms with van der Waals surface area (Å²) >= 11 is 0. The van der Waals surface area contributed by atoms with E-state index in [-0.39, 0.29) is 5.60 Å². The fourth-order valence-electron chi connectivity index (χ4n) is 3.04. The Morgan fingerprint density at radius 1 is 1.29 bits per heavy atom. The predicted molar refractivity (Wildman–Crippen MR) is 83.3 cm³/mol. The molecule has 0 radical (unpaired) electrons. The van der Waals surface area contributed by atoms with Crippen molar-refractivity contribution in [2.24, 2.45) is 0 Å². The van der Waals surface area contributed by atoms with E-state index < -0.39 is 0 Å². The summed E-state index contributed by atoms with van der Waals surface area (Å²) in [5.74, 6) is 1.01. The second-order valence-electron chi connectivity index (χ2n) is 6.53. The Labute approximate surface area is 126 Å². The van der Waals surface area contributed by atoms with Crippen LogP contribution < -0.4 is 4.74 Å². The van der Waals surface area contributed by atoms with Gasteiger partial charge in [0.15, 0.2) is 0 Å². The van der Waals surface area contributed by atoms with Gasteiger partial charge in [0.05, 0.1) is 5.69 Å². The van der Waals surface area contributed by atoms with Crippen molar-refractivity contribution in [3.05, 3.63) is 46.8 Å². The minimum Gasteiger partial charge on any atom is -0.486 e. The summed E-state index contributed by atoms with van der Waals surface area (Å²) in [5.41, 5.74) is 4.59. The molecule has 2 heterocycles. The van der Waals surface area contributed by atoms with E-state index in [1.165, 1.54) is 11.1 Å². The molecule has 0 spiro atoms. The highest BCUT2D eigenvalue weighted by Crippen LogP contribution is 2.30. The number of nitrogens with one attached hydrogen (secondary N) is 1. The number of para-hydroxylation sites is 1. The largest absolute Gasteiger partial charge is 0.486 e. The summed E-state index contributed by atoms with van der Waals surface area (Å²) in [7, 11) is 0. The normalized spacial score (nSPS) is 17.9. The highest BCUT2D eigenvalue weighted by atomic mass is 16.5. The van der Waals surface area contributed by atoms with Gasteiger partial charge in [-0.1, -0.05) is 18.2 Å². The van der Waals surface area contributed by atoms with Crippen molar-refractivity contribution in [3.63, 3.8) is 0 Å². The standard InChI is InChI=1S/C17H23N3O/c1-12-15(13(2)19-18-12)10-20-9-14-7-5-6-8-16(14)21-17(3,4)11-20/h5-8H,9-11H2,1-4H3,(H,18,19). The van der Waals surface area contributed by atoms with E-state index in [2.05, 4.69) is 61.0 Å². The van der Waals surface area contributed by atoms with Crippen LogP contribution in [0.4, 0.5) is 0 Å². The number of aryl methyl sites for hydroxylation is 2. The first-order valence-electron chi connectivity index (χ1n) is 7.44. The van der Waals surface area contributed by atoms with Crippen molar-refractivity contribution in [3.8, 4) is 5.75 Å². The number of aromatic amines is 1. The van der Waals surface area contributed by atoms with E-state index >= 15 is 0 Å². The predicted octanol–water partition coefficient (Wildman–Crippen LogP) is 3.20. The minimum absolute atomic E-state index is 0.196. The summed E-state index contributed by atoms with van der Waals surface area (Å²) in [6.07, 6.45) is 0. The van der Waals surface area contributed by atoms with Crippen LogP contribution >= 0.6 is 0 Å². The quantitative estimate of drug-likeness (QED) is 0.921. The number of fused-ring (bicyclic) bond motifs is 1. The Hall–Kier alpha value is -1.81. The van der Waals surface area contributed by atoms with Crippen molar-refractivity contribution < 1.29 is 4.74 Å². The third-order valence-corrected chi connectivity index (χ3v) is 4.02. The van der Waals surface area contributed by atoms with Crippen LogP contribution in [0, 0.1) is 13.8 Å². The zero-order chi connectivity index (χ0) is 15.0. The second-order valence-corrected chi connectivity index (χ2v) is 6.53. The Bertz CT molecular complexity index is 626. The number of hydrogen-bond acceptors (Lipinski definition) is 3. The molecule has 0 saturated heterocycles. The van der Waals surface area contributed by atoms with Gasteiger partial charge in [0, 0.05) is 36.5 Å². The van der Waals surface area contributed by atoms with E-state index in [0.717, 1.165) is 36.8 Å². The molecule has 112 valence electrons. The molecule has 4 heteroatoms. The van der Waals surface area contributed by atoms with Crippen LogP contribution in [0.1, 0.15) is 36.4 Å². The number of ether oxygens (including phenoxy) is 1. The van der Waals surface area contributed by atoms with Gasteiger partial charge < -0.3 is 4.74 Å². The van der Waals surface area contributed by atoms with Crippen molar-refractivity contribution in [1.82, 2.24) is 15.1 Å². The maximum atomic E-state index is 6.19. The summed E-state index contributed by atoms with van der Waals surface area (Å²) in [6, 6.07) is 8.33. The SMILES string of the molecule is Cc1n[nH]c(C)c1CN1Cc2ccccc2OC(C)(C)C1. The van der Waals surface area contributed by atoms with Crippen LogP contribution in [0.3, 0.4) is 0 Å². The highest BCUT2D eigenvalue weighted by molar-refractivity contribution is 5.35. The van der Waals surface area contributed by atoms with Crippen molar-refractivity contribution >= 4 is 0 Å². The maximum absolute atomic E-state index is 6.19. The lowest BCUT2D eigenvalue weighted by Crippen LogP contribution is -2.40. The van der Waals surface area contributed by atoms with Crippen LogP contribution in [0.15, 0.2) is 24.3 Å². The molecule has 0 bridgehead atoms. The van der Waals surface area contributed by atoms with E-state index in [1.54, 1.807) is 0 Å². The number of benzene rings is 1. The number of hydrogen-bond donors (Lipinski definition) is 1. The minimum atomic E-state index is -0.196. The maximum Gasteiger partial charge on any atom is 0.124 e. The molecular formula is C17H23N3O. The van der Waals surface area contributed by atoms with Gasteiger partial charge in [-0.25, -0.2) is 0 Å². The highest BCUT2D eigenvalue weighted by Gasteiger charge is 2.29. The van der Waals surface area contributed by atoms with Crippen LogP contribution in [-0.4, -0.2) is 27.2 Å². The number of nitrogens with zero attached hydrogens (tertiary/aromatic N) is 2. The number of aromatic nitrogens is 2. The van der Waals surface area contributed by atoms with Gasteiger partial charge in [0.2, 0.25) is 0 Å². The van der Waals surface area contributed by atoms with Gasteiger partial charge in [-0.2, -0.15) is 5.10 Å². The first kappa shape index (κ1) is 14.1. The molecule has 2 aromatic rings. The van der Waals surface area contributed by atoms with Crippen LogP contribution in [0.25, 0.3) is 0 Å². The molecule has 0 saturated carbocycles. The molecule has 1 N–H and O–H groups in total. The second kappa shape index (κ2) is 5.19. The topological polar surface area (TPSA) is 41.2 Å². The first-order chi connectivity index (χ1) is 9.94. The van der Waals surface area contributed by atoms with E-state index in [0.29, 0.717) is 0 Å². The summed E-state index contributed by atoms with van der Waals surface area (Å²) in [4.78, 5) is 2.44. The molecule has 21 heavy (non-hydrogen) atoms. The number of H-pyrrole nitrogens is 1. The molecule has 1 aliphatic rings. The third-order valence-electron chi connectivity index (χ3n) is 4.02. The zero-order valence-electron chi connectivity index (χ0n) is 13.2. The molecule has 0 amide bonds. The molecule has 0 fully saturated rings. The van der Waals surface area contributed by atoms with Crippen LogP contribution in [-0.2, 0) is 13.1 Å². The van der Waals surface area contributed by atoms with E-state index in [9.17, 15) is 0 Å². The summed E-state index contributed by atoms with van der Waals surface area (Å²) < 4.78 is 6.19. The van der Waals surface area contributed by atoms with Gasteiger partial charge in [-0.05, 0) is 33.8 Å². The molecule has 1 aromatic heterocycles. The third kappa shape index (κ3) is 2.95. The van der Waals surface area contributed by atoms with Crippen LogP contribution in [0.5, 0.6) is 5.75 Å². The monoisotopic (exact) mass is 285 g/mol. The summed E-state index contributed by atoms with van der Waals surface area (Å²) in [6.45, 7) is 11.1. The zero-order valence-corrected chi connectivity index (χ0v) is 13.2. The van der Waals surface area contributed by atoms with Gasteiger partial charge in [0.1, 0.15) is 11.4 Å². The lowest BCUT2D eigenvalue weighted by Gasteiger charge is -2.29. The average molecular weight is 285 g/mol. The molecule has 0 atom stereocenters. The molecule has 4 nitrogen and oxygen atoms in total. The van der Waals surface area contributed by atoms with Crippen molar-refractivity contribution in [1.29, 1.82) is 0 Å². The van der Waals surface area contributed by atoms with Crippen LogP contribution in [0.2, 0.25) is 0 Å². The van der Waals surface area contributed by atoms with Gasteiger partial charge in [-0.15, -0.1) is 0 Å². The Balaban J connectivity index is 1.89. The summed E-state index contributed by atoms with van der Waals surface area (Å²) in [5, 5.41) is 7.38. The molecule has 3 rings (SSSR count). The Morgan fingerprint density at radius 2 is 2.05 bits per heavy atom. The fraction of sp³-hybridized carbons (Fsp3) is 0.471. The lowest BCUT2D eigenvalue weighted by molar-refractivity contribution is 0.0681. The van der Waals surface area contributed by atoms with Gasteiger partial charge >= 0.3 is 0 Å². The average Bonchev–Trinajstić information content (AvgIpc) is 2.66. The van der Waals surface area contributed by atoms with Crippen molar-refractivity contribution in [2.75, 3.05) is 6.54 Å². The first-order valence-corrected chi connectivity index (χ1v) is 7.44. The lowest BCUT2D eigenvalue weighted by atomic mass is 10.1. The molecular weight excluding hydrogens is 262 g/mol. The molecule has 0 unspecified atom stereocenters. The number of rotatable bonds is 2. The van der Waals surface area contributed by atoms with Crippen molar-refractivity contribution in [2.45, 2.75) is 46.4 Å². The van der Waals surface area contributed by atoms with E-state index in [4.69, 9.17) is 4.74 Å². The molecule has 1 aromatic carbocycles. The van der Waals surface area contributed by atoms with Gasteiger partial charge in [-0.3, -0.25) is 10.00 Å². The van der Waals surface area contributed by atoms with E-state index in [1.807, 2.05) is 6.07 Å². The Kier molecular flexibility index (Phi) is 3.49. The van der Waals surface area contributed by atoms with Gasteiger partial charge in [0.25, 0.3) is 0 Å². The molecule has 1 aliphatic heterocycles. The Morgan fingerprint density at radius 3 is 2.76 bits per heavy atom. The smallest absolute Gasteiger partial charge is 0.124 e. The molecule has 0 aliphatic carbocycles. The fourth-order valence-corrected chi connectivity index (χ4v) is 3.04.